The van der Waals surface area contributed by atoms with Crippen LogP contribution in [0.3, 0.4) is 0 Å². The van der Waals surface area contributed by atoms with E-state index in [1.54, 1.807) is 25.2 Å². The van der Waals surface area contributed by atoms with Crippen LogP contribution in [-0.4, -0.2) is 38.1 Å². The number of nitrogens with one attached hydrogen (secondary N) is 3. The van der Waals surface area contributed by atoms with Gasteiger partial charge in [0, 0.05) is 19.2 Å². The highest BCUT2D eigenvalue weighted by atomic mass is 19.1. The van der Waals surface area contributed by atoms with Gasteiger partial charge in [0.15, 0.2) is 5.96 Å². The van der Waals surface area contributed by atoms with Crippen molar-refractivity contribution in [3.05, 3.63) is 65.5 Å². The Balaban J connectivity index is 1.92. The molecule has 0 bridgehead atoms. The van der Waals surface area contributed by atoms with E-state index in [4.69, 9.17) is 4.74 Å². The molecule has 2 aromatic carbocycles. The zero-order chi connectivity index (χ0) is 20.4. The summed E-state index contributed by atoms with van der Waals surface area (Å²) in [5.74, 6) is 0.855. The van der Waals surface area contributed by atoms with Gasteiger partial charge in [-0.15, -0.1) is 0 Å². The average molecular weight is 386 g/mol. The van der Waals surface area contributed by atoms with Crippen LogP contribution < -0.4 is 20.7 Å². The Hall–Kier alpha value is -3.09. The zero-order valence-electron chi connectivity index (χ0n) is 16.5. The summed E-state index contributed by atoms with van der Waals surface area (Å²) in [6, 6.07) is 13.3. The molecule has 0 aliphatic heterocycles. The Morgan fingerprint density at radius 3 is 2.61 bits per heavy atom. The largest absolute Gasteiger partial charge is 0.489 e. The van der Waals surface area contributed by atoms with E-state index < -0.39 is 0 Å². The summed E-state index contributed by atoms with van der Waals surface area (Å²) in [7, 11) is 1.61. The fourth-order valence-electron chi connectivity index (χ4n) is 2.49. The molecule has 7 heteroatoms. The Bertz CT molecular complexity index is 793. The lowest BCUT2D eigenvalue weighted by atomic mass is 10.1. The molecule has 0 radical (unpaired) electrons. The predicted molar refractivity (Wildman–Crippen MR) is 109 cm³/mol. The quantitative estimate of drug-likeness (QED) is 0.482. The number of guanidine groups is 1. The standard InChI is InChI=1S/C21H27FN4O2/c1-4-24-21(25-13-15(2)28-19-10-8-18(22)9-11-19)26-14-16-6-5-7-17(12-16)20(27)23-3/h5-12,15H,4,13-14H2,1-3H3,(H,23,27)(H2,24,25,26). The maximum absolute atomic E-state index is 13.0. The van der Waals surface area contributed by atoms with Gasteiger partial charge in [-0.25, -0.2) is 9.38 Å². The lowest BCUT2D eigenvalue weighted by molar-refractivity contribution is 0.0963. The summed E-state index contributed by atoms with van der Waals surface area (Å²) in [6.07, 6.45) is -0.133. The molecule has 0 heterocycles. The molecule has 6 nitrogen and oxygen atoms in total. The van der Waals surface area contributed by atoms with Crippen LogP contribution in [0.4, 0.5) is 4.39 Å². The van der Waals surface area contributed by atoms with Crippen LogP contribution in [0.15, 0.2) is 53.5 Å². The van der Waals surface area contributed by atoms with Crippen molar-refractivity contribution in [2.45, 2.75) is 26.5 Å². The van der Waals surface area contributed by atoms with Gasteiger partial charge in [-0.05, 0) is 55.8 Å². The first kappa shape index (κ1) is 21.2. The van der Waals surface area contributed by atoms with Crippen molar-refractivity contribution in [3.63, 3.8) is 0 Å². The van der Waals surface area contributed by atoms with Crippen LogP contribution in [0.2, 0.25) is 0 Å². The lowest BCUT2D eigenvalue weighted by Gasteiger charge is -2.17. The Morgan fingerprint density at radius 2 is 1.93 bits per heavy atom. The van der Waals surface area contributed by atoms with E-state index in [1.807, 2.05) is 32.0 Å². The first-order chi connectivity index (χ1) is 13.5. The second-order valence-corrected chi connectivity index (χ2v) is 6.24. The van der Waals surface area contributed by atoms with Crippen molar-refractivity contribution >= 4 is 11.9 Å². The number of halogens is 1. The Morgan fingerprint density at radius 1 is 1.18 bits per heavy atom. The number of amides is 1. The van der Waals surface area contributed by atoms with Crippen LogP contribution >= 0.6 is 0 Å². The Labute approximate surface area is 165 Å². The van der Waals surface area contributed by atoms with Gasteiger partial charge in [0.05, 0.1) is 13.1 Å². The van der Waals surface area contributed by atoms with Crippen molar-refractivity contribution in [1.82, 2.24) is 16.0 Å². The van der Waals surface area contributed by atoms with Crippen LogP contribution in [0.5, 0.6) is 5.75 Å². The van der Waals surface area contributed by atoms with Crippen LogP contribution in [0, 0.1) is 5.82 Å². The average Bonchev–Trinajstić information content (AvgIpc) is 2.71. The summed E-state index contributed by atoms with van der Waals surface area (Å²) in [5, 5.41) is 9.03. The third kappa shape index (κ3) is 6.90. The molecule has 0 aromatic heterocycles. The second-order valence-electron chi connectivity index (χ2n) is 6.24. The van der Waals surface area contributed by atoms with Gasteiger partial charge in [-0.1, -0.05) is 12.1 Å². The zero-order valence-corrected chi connectivity index (χ0v) is 16.5. The monoisotopic (exact) mass is 386 g/mol. The third-order valence-electron chi connectivity index (χ3n) is 3.89. The maximum atomic E-state index is 13.0. The van der Waals surface area contributed by atoms with E-state index in [0.29, 0.717) is 30.4 Å². The molecule has 1 atom stereocenters. The number of hydrogen-bond acceptors (Lipinski definition) is 3. The molecule has 0 aliphatic rings. The molecule has 3 N–H and O–H groups in total. The van der Waals surface area contributed by atoms with Gasteiger partial charge in [0.1, 0.15) is 17.7 Å². The van der Waals surface area contributed by atoms with Gasteiger partial charge in [-0.3, -0.25) is 4.79 Å². The first-order valence-corrected chi connectivity index (χ1v) is 9.27. The van der Waals surface area contributed by atoms with Gasteiger partial charge in [-0.2, -0.15) is 0 Å². The molecule has 2 aromatic rings. The molecule has 0 saturated carbocycles. The highest BCUT2D eigenvalue weighted by molar-refractivity contribution is 5.94. The smallest absolute Gasteiger partial charge is 0.251 e. The fourth-order valence-corrected chi connectivity index (χ4v) is 2.49. The summed E-state index contributed by atoms with van der Waals surface area (Å²) in [4.78, 5) is 16.3. The number of ether oxygens (including phenoxy) is 1. The van der Waals surface area contributed by atoms with E-state index in [-0.39, 0.29) is 17.8 Å². The fraction of sp³-hybridized carbons (Fsp3) is 0.333. The SMILES string of the molecule is CCNC(=NCc1cccc(C(=O)NC)c1)NCC(C)Oc1ccc(F)cc1. The maximum Gasteiger partial charge on any atom is 0.251 e. The minimum absolute atomic E-state index is 0.123. The van der Waals surface area contributed by atoms with Crippen molar-refractivity contribution in [3.8, 4) is 5.75 Å². The summed E-state index contributed by atoms with van der Waals surface area (Å²) >= 11 is 0. The van der Waals surface area contributed by atoms with E-state index in [0.717, 1.165) is 12.1 Å². The highest BCUT2D eigenvalue weighted by Gasteiger charge is 2.07. The van der Waals surface area contributed by atoms with Crippen molar-refractivity contribution in [2.75, 3.05) is 20.1 Å². The molecule has 2 rings (SSSR count). The van der Waals surface area contributed by atoms with Crippen LogP contribution in [0.1, 0.15) is 29.8 Å². The molecule has 1 unspecified atom stereocenters. The van der Waals surface area contributed by atoms with Gasteiger partial charge in [0.2, 0.25) is 0 Å². The number of carbonyl (C=O) groups is 1. The van der Waals surface area contributed by atoms with E-state index >= 15 is 0 Å². The van der Waals surface area contributed by atoms with Crippen molar-refractivity contribution in [1.29, 1.82) is 0 Å². The minimum Gasteiger partial charge on any atom is -0.489 e. The topological polar surface area (TPSA) is 74.8 Å². The number of nitrogens with zero attached hydrogens (tertiary/aromatic N) is 1. The molecule has 0 spiro atoms. The molecule has 0 fully saturated rings. The molecular formula is C21H27FN4O2. The summed E-state index contributed by atoms with van der Waals surface area (Å²) in [6.45, 7) is 5.60. The number of hydrogen-bond donors (Lipinski definition) is 3. The normalized spacial score (nSPS) is 12.2. The van der Waals surface area contributed by atoms with Gasteiger partial charge < -0.3 is 20.7 Å². The van der Waals surface area contributed by atoms with E-state index in [1.165, 1.54) is 12.1 Å². The molecule has 0 saturated heterocycles. The lowest BCUT2D eigenvalue weighted by Crippen LogP contribution is -2.41. The number of carbonyl (C=O) groups excluding carboxylic acids is 1. The molecule has 0 aliphatic carbocycles. The van der Waals surface area contributed by atoms with E-state index in [9.17, 15) is 9.18 Å². The summed E-state index contributed by atoms with van der Waals surface area (Å²) in [5.41, 5.74) is 1.54. The number of aliphatic imine (C=N–C) groups is 1. The van der Waals surface area contributed by atoms with E-state index in [2.05, 4.69) is 20.9 Å². The number of rotatable bonds is 8. The highest BCUT2D eigenvalue weighted by Crippen LogP contribution is 2.12. The second kappa shape index (κ2) is 10.9. The predicted octanol–water partition coefficient (Wildman–Crippen LogP) is 2.71. The van der Waals surface area contributed by atoms with Crippen LogP contribution in [0.25, 0.3) is 0 Å². The van der Waals surface area contributed by atoms with Crippen molar-refractivity contribution in [2.24, 2.45) is 4.99 Å². The molecule has 150 valence electrons. The minimum atomic E-state index is -0.291. The molecule has 1 amide bonds. The first-order valence-electron chi connectivity index (χ1n) is 9.27. The van der Waals surface area contributed by atoms with Crippen molar-refractivity contribution < 1.29 is 13.9 Å². The van der Waals surface area contributed by atoms with Gasteiger partial charge in [0.25, 0.3) is 5.91 Å². The molecule has 28 heavy (non-hydrogen) atoms. The molecular weight excluding hydrogens is 359 g/mol. The number of benzene rings is 2. The van der Waals surface area contributed by atoms with Gasteiger partial charge >= 0.3 is 0 Å². The van der Waals surface area contributed by atoms with Crippen LogP contribution in [-0.2, 0) is 6.54 Å². The Kier molecular flexibility index (Phi) is 8.27. The summed E-state index contributed by atoms with van der Waals surface area (Å²) < 4.78 is 18.7. The third-order valence-corrected chi connectivity index (χ3v) is 3.89.